The van der Waals surface area contributed by atoms with E-state index in [-0.39, 0.29) is 29.0 Å². The number of ether oxygens (including phenoxy) is 1. The van der Waals surface area contributed by atoms with Crippen LogP contribution in [0.1, 0.15) is 42.6 Å². The number of nitrogens with zero attached hydrogens (tertiary/aromatic N) is 5. The van der Waals surface area contributed by atoms with Crippen LogP contribution in [0.5, 0.6) is 0 Å². The maximum atomic E-state index is 14.3. The summed E-state index contributed by atoms with van der Waals surface area (Å²) in [5, 5.41) is 9.73. The predicted molar refractivity (Wildman–Crippen MR) is 168 cm³/mol. The summed E-state index contributed by atoms with van der Waals surface area (Å²) >= 11 is 0. The third-order valence-electron chi connectivity index (χ3n) is 8.79. The molecule has 10 nitrogen and oxygen atoms in total. The average molecular weight is 640 g/mol. The molecule has 0 bridgehead atoms. The van der Waals surface area contributed by atoms with Crippen molar-refractivity contribution in [3.05, 3.63) is 70.0 Å². The highest BCUT2D eigenvalue weighted by Gasteiger charge is 2.36. The van der Waals surface area contributed by atoms with Gasteiger partial charge >= 0.3 is 12.1 Å². The molecule has 4 heterocycles. The summed E-state index contributed by atoms with van der Waals surface area (Å²) in [5.41, 5.74) is -0.440. The number of piperazine rings is 1. The van der Waals surface area contributed by atoms with E-state index >= 15 is 0 Å². The average Bonchev–Trinajstić information content (AvgIpc) is 3.69. The van der Waals surface area contributed by atoms with Crippen molar-refractivity contribution < 1.29 is 32.2 Å². The minimum Gasteiger partial charge on any atom is -0.477 e. The van der Waals surface area contributed by atoms with Crippen molar-refractivity contribution in [3.63, 3.8) is 0 Å². The molecule has 2 fully saturated rings. The first-order chi connectivity index (χ1) is 21.9. The molecule has 1 N–H and O–H groups in total. The van der Waals surface area contributed by atoms with Crippen LogP contribution in [0.4, 0.5) is 24.9 Å². The van der Waals surface area contributed by atoms with Gasteiger partial charge in [-0.1, -0.05) is 6.07 Å². The molecule has 6 rings (SSSR count). The molecular formula is C33H36F3N5O5. The minimum atomic E-state index is -4.64. The summed E-state index contributed by atoms with van der Waals surface area (Å²) < 4.78 is 55.9. The van der Waals surface area contributed by atoms with Gasteiger partial charge in [0.15, 0.2) is 11.0 Å². The van der Waals surface area contributed by atoms with Gasteiger partial charge in [0.2, 0.25) is 0 Å². The van der Waals surface area contributed by atoms with Crippen molar-refractivity contribution in [2.24, 2.45) is 0 Å². The lowest BCUT2D eigenvalue weighted by Crippen LogP contribution is -2.57. The second kappa shape index (κ2) is 12.4. The van der Waals surface area contributed by atoms with Crippen molar-refractivity contribution >= 4 is 28.8 Å². The number of carbonyl (C=O) groups is 1. The summed E-state index contributed by atoms with van der Waals surface area (Å²) in [6.07, 6.45) is -1.88. The lowest BCUT2D eigenvalue weighted by atomic mass is 10.0. The Morgan fingerprint density at radius 2 is 1.78 bits per heavy atom. The van der Waals surface area contributed by atoms with Crippen LogP contribution >= 0.6 is 0 Å². The fraction of sp³-hybridized carbons (Fsp3) is 0.424. The second-order valence-corrected chi connectivity index (χ2v) is 12.0. The third kappa shape index (κ3) is 6.08. The zero-order valence-electron chi connectivity index (χ0n) is 25.9. The standard InChI is InChI=1S/C33H36F3N5O5/c1-20-17-38(12-13-45-3)18-21(2)41(20)32-37-26-8-7-23(15-30(26)46-32)40-19-24(31(43)44)29(42)16-28(40)22-6-9-27(39-10-4-5-11-39)25(14-22)33(34,35)36/h6-9,14-16,19-21H,4-5,10-13,17-18H2,1-3H3,(H,43,44)/t20-,21+. The van der Waals surface area contributed by atoms with Gasteiger partial charge < -0.3 is 28.6 Å². The summed E-state index contributed by atoms with van der Waals surface area (Å²) in [5.74, 6) is -1.44. The number of alkyl halides is 3. The van der Waals surface area contributed by atoms with E-state index in [1.807, 2.05) is 0 Å². The Kier molecular flexibility index (Phi) is 8.55. The van der Waals surface area contributed by atoms with Gasteiger partial charge in [-0.2, -0.15) is 18.2 Å². The van der Waals surface area contributed by atoms with Crippen molar-refractivity contribution in [1.82, 2.24) is 14.5 Å². The van der Waals surface area contributed by atoms with Gasteiger partial charge in [-0.3, -0.25) is 9.69 Å². The molecule has 2 saturated heterocycles. The topological polar surface area (TPSA) is 104 Å². The van der Waals surface area contributed by atoms with E-state index in [1.54, 1.807) is 30.2 Å². The van der Waals surface area contributed by atoms with E-state index in [1.165, 1.54) is 16.7 Å². The van der Waals surface area contributed by atoms with Crippen molar-refractivity contribution in [1.29, 1.82) is 0 Å². The number of aromatic carboxylic acids is 1. The van der Waals surface area contributed by atoms with Crippen LogP contribution in [0.2, 0.25) is 0 Å². The lowest BCUT2D eigenvalue weighted by molar-refractivity contribution is -0.137. The molecule has 2 aromatic carbocycles. The molecular weight excluding hydrogens is 603 g/mol. The maximum absolute atomic E-state index is 14.3. The van der Waals surface area contributed by atoms with Crippen molar-refractivity contribution in [2.45, 2.75) is 44.9 Å². The molecule has 0 radical (unpaired) electrons. The number of hydrogen-bond acceptors (Lipinski definition) is 8. The van der Waals surface area contributed by atoms with Gasteiger partial charge in [0.25, 0.3) is 6.01 Å². The molecule has 2 aliphatic heterocycles. The summed E-state index contributed by atoms with van der Waals surface area (Å²) in [6, 6.07) is 10.7. The SMILES string of the molecule is COCCN1C[C@@H](C)N(c2nc3ccc(-n4cc(C(=O)O)c(=O)cc4-c4ccc(N5CCCC5)c(C(F)(F)F)c4)cc3o2)[C@@H](C)C1. The number of fused-ring (bicyclic) bond motifs is 1. The van der Waals surface area contributed by atoms with Gasteiger partial charge in [-0.25, -0.2) is 4.79 Å². The molecule has 0 amide bonds. The molecule has 2 aliphatic rings. The monoisotopic (exact) mass is 639 g/mol. The zero-order valence-corrected chi connectivity index (χ0v) is 25.9. The first kappa shape index (κ1) is 31.6. The Labute approximate surface area is 263 Å². The Bertz CT molecular complexity index is 1800. The van der Waals surface area contributed by atoms with Gasteiger partial charge in [0.05, 0.1) is 17.9 Å². The Balaban J connectivity index is 1.42. The van der Waals surface area contributed by atoms with Crippen LogP contribution in [0, 0.1) is 0 Å². The highest BCUT2D eigenvalue weighted by molar-refractivity contribution is 5.88. The highest BCUT2D eigenvalue weighted by Crippen LogP contribution is 2.40. The Hall–Kier alpha value is -4.36. The molecule has 13 heteroatoms. The van der Waals surface area contributed by atoms with Gasteiger partial charge in [-0.15, -0.1) is 0 Å². The number of aromatic nitrogens is 2. The van der Waals surface area contributed by atoms with E-state index in [2.05, 4.69) is 23.6 Å². The van der Waals surface area contributed by atoms with Crippen LogP contribution in [-0.4, -0.2) is 84.1 Å². The first-order valence-corrected chi connectivity index (χ1v) is 15.3. The number of rotatable bonds is 8. The van der Waals surface area contributed by atoms with E-state index < -0.39 is 28.7 Å². The molecule has 0 aliphatic carbocycles. The summed E-state index contributed by atoms with van der Waals surface area (Å²) in [6.45, 7) is 8.31. The number of methoxy groups -OCH3 is 1. The summed E-state index contributed by atoms with van der Waals surface area (Å²) in [7, 11) is 1.68. The number of benzene rings is 2. The van der Waals surface area contributed by atoms with E-state index in [4.69, 9.17) is 14.1 Å². The lowest BCUT2D eigenvalue weighted by Gasteiger charge is -2.43. The summed E-state index contributed by atoms with van der Waals surface area (Å²) in [4.78, 5) is 35.7. The number of halogens is 3. The number of carboxylic acids is 1. The molecule has 0 saturated carbocycles. The number of pyridine rings is 1. The fourth-order valence-corrected chi connectivity index (χ4v) is 6.66. The Morgan fingerprint density at radius 1 is 1.07 bits per heavy atom. The van der Waals surface area contributed by atoms with Crippen LogP contribution in [-0.2, 0) is 10.9 Å². The normalized spacial score (nSPS) is 19.3. The molecule has 244 valence electrons. The molecule has 0 spiro atoms. The van der Waals surface area contributed by atoms with Gasteiger partial charge in [0.1, 0.15) is 11.1 Å². The molecule has 46 heavy (non-hydrogen) atoms. The van der Waals surface area contributed by atoms with Crippen molar-refractivity contribution in [3.8, 4) is 16.9 Å². The van der Waals surface area contributed by atoms with E-state index in [0.29, 0.717) is 42.5 Å². The van der Waals surface area contributed by atoms with E-state index in [0.717, 1.165) is 50.8 Å². The van der Waals surface area contributed by atoms with E-state index in [9.17, 15) is 27.9 Å². The van der Waals surface area contributed by atoms with Crippen LogP contribution in [0.15, 0.2) is 57.9 Å². The number of oxazole rings is 1. The fourth-order valence-electron chi connectivity index (χ4n) is 6.66. The van der Waals surface area contributed by atoms with Gasteiger partial charge in [0, 0.05) is 81.6 Å². The molecule has 2 aromatic heterocycles. The smallest absolute Gasteiger partial charge is 0.418 e. The predicted octanol–water partition coefficient (Wildman–Crippen LogP) is 5.51. The van der Waals surface area contributed by atoms with Crippen LogP contribution < -0.4 is 15.2 Å². The number of hydrogen-bond donors (Lipinski definition) is 1. The first-order valence-electron chi connectivity index (χ1n) is 15.3. The molecule has 0 unspecified atom stereocenters. The quantitative estimate of drug-likeness (QED) is 0.267. The second-order valence-electron chi connectivity index (χ2n) is 12.0. The number of carboxylic acid groups (broad SMARTS) is 1. The van der Waals surface area contributed by atoms with Crippen LogP contribution in [0.25, 0.3) is 28.0 Å². The Morgan fingerprint density at radius 3 is 2.43 bits per heavy atom. The minimum absolute atomic E-state index is 0.0865. The van der Waals surface area contributed by atoms with Gasteiger partial charge in [-0.05, 0) is 56.5 Å². The zero-order chi connectivity index (χ0) is 32.7. The van der Waals surface area contributed by atoms with Crippen LogP contribution in [0.3, 0.4) is 0 Å². The molecule has 2 atom stereocenters. The third-order valence-corrected chi connectivity index (χ3v) is 8.79. The largest absolute Gasteiger partial charge is 0.477 e. The number of anilines is 2. The maximum Gasteiger partial charge on any atom is 0.418 e. The highest BCUT2D eigenvalue weighted by atomic mass is 19.4. The molecule has 4 aromatic rings. The van der Waals surface area contributed by atoms with Crippen molar-refractivity contribution in [2.75, 3.05) is 56.2 Å².